The Morgan fingerprint density at radius 3 is 2.43 bits per heavy atom. The Hall–Kier alpha value is -2.93. The molecule has 2 heterocycles. The van der Waals surface area contributed by atoms with Crippen molar-refractivity contribution in [3.8, 4) is 11.5 Å². The molecule has 1 N–H and O–H groups in total. The summed E-state index contributed by atoms with van der Waals surface area (Å²) in [7, 11) is 0. The van der Waals surface area contributed by atoms with E-state index in [4.69, 9.17) is 21.1 Å². The van der Waals surface area contributed by atoms with Crippen LogP contribution in [-0.2, 0) is 17.9 Å². The second-order valence-corrected chi connectivity index (χ2v) is 6.94. The number of anilines is 1. The first kappa shape index (κ1) is 18.4. The van der Waals surface area contributed by atoms with E-state index in [1.54, 1.807) is 16.7 Å². The number of para-hydroxylation sites is 2. The summed E-state index contributed by atoms with van der Waals surface area (Å²) in [6, 6.07) is 10.7. The van der Waals surface area contributed by atoms with Gasteiger partial charge in [-0.3, -0.25) is 13.9 Å². The minimum Gasteiger partial charge on any atom is -0.486 e. The van der Waals surface area contributed by atoms with Crippen LogP contribution < -0.4 is 20.5 Å². The van der Waals surface area contributed by atoms with Crippen molar-refractivity contribution in [3.63, 3.8) is 0 Å². The fraction of sp³-hybridized carbons (Fsp3) is 0.300. The third-order valence-corrected chi connectivity index (χ3v) is 4.89. The van der Waals surface area contributed by atoms with Crippen LogP contribution in [0, 0.1) is 0 Å². The fourth-order valence-electron chi connectivity index (χ4n) is 3.36. The standard InChI is InChI=1S/C20H20ClN3O4/c1-2-7-23-15-5-3-4-6-16(15)24(20(23)26)12-19(25)22-14-11-18-17(10-13(14)21)27-8-9-28-18/h3-6,10-11H,2,7-9,12H2,1H3,(H,22,25). The highest BCUT2D eigenvalue weighted by Gasteiger charge is 2.18. The lowest BCUT2D eigenvalue weighted by atomic mass is 10.2. The van der Waals surface area contributed by atoms with E-state index < -0.39 is 0 Å². The molecular weight excluding hydrogens is 382 g/mol. The van der Waals surface area contributed by atoms with Crippen molar-refractivity contribution in [1.29, 1.82) is 0 Å². The van der Waals surface area contributed by atoms with Gasteiger partial charge in [0.25, 0.3) is 0 Å². The van der Waals surface area contributed by atoms with Crippen molar-refractivity contribution in [2.24, 2.45) is 0 Å². The number of imidazole rings is 1. The molecule has 0 saturated heterocycles. The first-order chi connectivity index (χ1) is 13.6. The predicted octanol–water partition coefficient (Wildman–Crippen LogP) is 3.28. The van der Waals surface area contributed by atoms with Crippen LogP contribution in [0.25, 0.3) is 11.0 Å². The van der Waals surface area contributed by atoms with Gasteiger partial charge in [-0.15, -0.1) is 0 Å². The van der Waals surface area contributed by atoms with Gasteiger partial charge in [-0.1, -0.05) is 30.7 Å². The number of carbonyl (C=O) groups is 1. The molecule has 0 saturated carbocycles. The van der Waals surface area contributed by atoms with E-state index in [1.165, 1.54) is 4.57 Å². The van der Waals surface area contributed by atoms with Gasteiger partial charge in [-0.2, -0.15) is 0 Å². The number of ether oxygens (including phenoxy) is 2. The van der Waals surface area contributed by atoms with Crippen molar-refractivity contribution in [3.05, 3.63) is 51.9 Å². The lowest BCUT2D eigenvalue weighted by molar-refractivity contribution is -0.116. The number of nitrogens with one attached hydrogen (secondary N) is 1. The first-order valence-corrected chi connectivity index (χ1v) is 9.53. The maximum absolute atomic E-state index is 12.8. The van der Waals surface area contributed by atoms with Gasteiger partial charge in [-0.25, -0.2) is 4.79 Å². The SMILES string of the molecule is CCCn1c(=O)n(CC(=O)Nc2cc3c(cc2Cl)OCCO3)c2ccccc21. The van der Waals surface area contributed by atoms with Gasteiger partial charge < -0.3 is 14.8 Å². The Balaban J connectivity index is 1.61. The van der Waals surface area contributed by atoms with E-state index >= 15 is 0 Å². The molecule has 146 valence electrons. The maximum atomic E-state index is 12.8. The molecule has 0 unspecified atom stereocenters. The third-order valence-electron chi connectivity index (χ3n) is 4.58. The Morgan fingerprint density at radius 1 is 1.11 bits per heavy atom. The summed E-state index contributed by atoms with van der Waals surface area (Å²) in [6.45, 7) is 3.39. The van der Waals surface area contributed by atoms with Gasteiger partial charge in [0.05, 0.1) is 21.7 Å². The number of benzene rings is 2. The summed E-state index contributed by atoms with van der Waals surface area (Å²) in [5.74, 6) is 0.732. The van der Waals surface area contributed by atoms with Crippen LogP contribution in [0.3, 0.4) is 0 Å². The van der Waals surface area contributed by atoms with Gasteiger partial charge in [0.2, 0.25) is 5.91 Å². The lowest BCUT2D eigenvalue weighted by Crippen LogP contribution is -2.29. The van der Waals surface area contributed by atoms with Crippen LogP contribution in [0.2, 0.25) is 5.02 Å². The lowest BCUT2D eigenvalue weighted by Gasteiger charge is -2.20. The second kappa shape index (κ2) is 7.59. The molecule has 1 aromatic heterocycles. The molecule has 8 heteroatoms. The molecule has 28 heavy (non-hydrogen) atoms. The number of amides is 1. The van der Waals surface area contributed by atoms with Gasteiger partial charge in [-0.05, 0) is 18.6 Å². The molecule has 1 amide bonds. The molecule has 3 aromatic rings. The van der Waals surface area contributed by atoms with Crippen LogP contribution in [0.15, 0.2) is 41.2 Å². The number of nitrogens with zero attached hydrogens (tertiary/aromatic N) is 2. The molecule has 0 bridgehead atoms. The molecule has 4 rings (SSSR count). The van der Waals surface area contributed by atoms with Crippen LogP contribution in [-0.4, -0.2) is 28.3 Å². The quantitative estimate of drug-likeness (QED) is 0.712. The minimum absolute atomic E-state index is 0.110. The highest BCUT2D eigenvalue weighted by Crippen LogP contribution is 2.37. The zero-order valence-electron chi connectivity index (χ0n) is 15.4. The van der Waals surface area contributed by atoms with Crippen LogP contribution in [0.1, 0.15) is 13.3 Å². The first-order valence-electron chi connectivity index (χ1n) is 9.15. The van der Waals surface area contributed by atoms with Crippen molar-refractivity contribution in [2.75, 3.05) is 18.5 Å². The van der Waals surface area contributed by atoms with E-state index in [0.717, 1.165) is 17.5 Å². The zero-order chi connectivity index (χ0) is 19.7. The Kier molecular flexibility index (Phi) is 5.00. The molecule has 2 aromatic carbocycles. The topological polar surface area (TPSA) is 74.5 Å². The van der Waals surface area contributed by atoms with Crippen LogP contribution in [0.4, 0.5) is 5.69 Å². The number of aryl methyl sites for hydroxylation is 1. The summed E-state index contributed by atoms with van der Waals surface area (Å²) in [5.41, 5.74) is 1.76. The number of aromatic nitrogens is 2. The highest BCUT2D eigenvalue weighted by molar-refractivity contribution is 6.34. The average molecular weight is 402 g/mol. The van der Waals surface area contributed by atoms with Gasteiger partial charge in [0, 0.05) is 18.7 Å². The summed E-state index contributed by atoms with van der Waals surface area (Å²) in [4.78, 5) is 25.5. The largest absolute Gasteiger partial charge is 0.486 e. The van der Waals surface area contributed by atoms with Crippen molar-refractivity contribution < 1.29 is 14.3 Å². The van der Waals surface area contributed by atoms with Crippen molar-refractivity contribution >= 4 is 34.2 Å². The predicted molar refractivity (Wildman–Crippen MR) is 108 cm³/mol. The third kappa shape index (κ3) is 3.33. The fourth-order valence-corrected chi connectivity index (χ4v) is 3.56. The molecule has 1 aliphatic heterocycles. The van der Waals surface area contributed by atoms with E-state index in [0.29, 0.717) is 42.0 Å². The monoisotopic (exact) mass is 401 g/mol. The van der Waals surface area contributed by atoms with Crippen molar-refractivity contribution in [2.45, 2.75) is 26.4 Å². The second-order valence-electron chi connectivity index (χ2n) is 6.53. The Labute approximate surface area is 166 Å². The van der Waals surface area contributed by atoms with Gasteiger partial charge >= 0.3 is 5.69 Å². The summed E-state index contributed by atoms with van der Waals surface area (Å²) in [6.07, 6.45) is 0.826. The minimum atomic E-state index is -0.347. The smallest absolute Gasteiger partial charge is 0.329 e. The number of halogens is 1. The zero-order valence-corrected chi connectivity index (χ0v) is 16.2. The Bertz CT molecular complexity index is 1100. The number of fused-ring (bicyclic) bond motifs is 2. The summed E-state index contributed by atoms with van der Waals surface area (Å²) >= 11 is 6.26. The van der Waals surface area contributed by atoms with E-state index in [1.807, 2.05) is 31.2 Å². The number of hydrogen-bond donors (Lipinski definition) is 1. The highest BCUT2D eigenvalue weighted by atomic mass is 35.5. The number of carbonyl (C=O) groups excluding carboxylic acids is 1. The normalized spacial score (nSPS) is 12.9. The van der Waals surface area contributed by atoms with Crippen molar-refractivity contribution in [1.82, 2.24) is 9.13 Å². The average Bonchev–Trinajstić information content (AvgIpc) is 2.95. The molecule has 1 aliphatic rings. The van der Waals surface area contributed by atoms with Crippen LogP contribution >= 0.6 is 11.6 Å². The Morgan fingerprint density at radius 2 is 1.75 bits per heavy atom. The van der Waals surface area contributed by atoms with E-state index in [9.17, 15) is 9.59 Å². The van der Waals surface area contributed by atoms with Gasteiger partial charge in [0.15, 0.2) is 11.5 Å². The summed E-state index contributed by atoms with van der Waals surface area (Å²) < 4.78 is 14.2. The van der Waals surface area contributed by atoms with E-state index in [-0.39, 0.29) is 18.1 Å². The molecule has 0 radical (unpaired) electrons. The molecular formula is C20H20ClN3O4. The van der Waals surface area contributed by atoms with E-state index in [2.05, 4.69) is 5.32 Å². The molecule has 0 atom stereocenters. The molecule has 0 aliphatic carbocycles. The molecule has 7 nitrogen and oxygen atoms in total. The number of hydrogen-bond acceptors (Lipinski definition) is 4. The molecule has 0 spiro atoms. The molecule has 0 fully saturated rings. The summed E-state index contributed by atoms with van der Waals surface area (Å²) in [5, 5.41) is 3.11. The number of rotatable bonds is 5. The van der Waals surface area contributed by atoms with Gasteiger partial charge in [0.1, 0.15) is 19.8 Å². The maximum Gasteiger partial charge on any atom is 0.329 e. The van der Waals surface area contributed by atoms with Crippen LogP contribution in [0.5, 0.6) is 11.5 Å².